The van der Waals surface area contributed by atoms with Crippen LogP contribution in [0.15, 0.2) is 18.2 Å². The number of benzene rings is 1. The summed E-state index contributed by atoms with van der Waals surface area (Å²) in [5, 5.41) is 10.5. The molecule has 0 atom stereocenters. The summed E-state index contributed by atoms with van der Waals surface area (Å²) >= 11 is 3.95. The fourth-order valence-electron chi connectivity index (χ4n) is 0.693. The fraction of sp³-hybridized carbons (Fsp3) is 0. The standard InChI is InChI=1S/C7H4I2O2/c8-4-2-1-3-5(9)6(4)7(10)11/h1-3H,(H,10,11)/p-1. The Hall–Kier alpha value is 0.150. The first kappa shape index (κ1) is 9.24. The van der Waals surface area contributed by atoms with Crippen LogP contribution < -0.4 is 5.11 Å². The molecule has 2 nitrogen and oxygen atoms in total. The van der Waals surface area contributed by atoms with Crippen LogP contribution in [-0.2, 0) is 0 Å². The van der Waals surface area contributed by atoms with Gasteiger partial charge < -0.3 is 9.90 Å². The quantitative estimate of drug-likeness (QED) is 0.696. The molecule has 1 aromatic rings. The highest BCUT2D eigenvalue weighted by atomic mass is 127. The summed E-state index contributed by atoms with van der Waals surface area (Å²) in [6.45, 7) is 0. The lowest BCUT2D eigenvalue weighted by molar-refractivity contribution is -0.255. The van der Waals surface area contributed by atoms with Gasteiger partial charge in [0.15, 0.2) is 0 Å². The maximum atomic E-state index is 10.5. The first-order valence-electron chi connectivity index (χ1n) is 2.78. The van der Waals surface area contributed by atoms with Crippen molar-refractivity contribution in [1.29, 1.82) is 0 Å². The lowest BCUT2D eigenvalue weighted by Gasteiger charge is -2.06. The fourth-order valence-corrected chi connectivity index (χ4v) is 2.65. The molecular formula is C7H3I2O2-. The molecule has 0 heterocycles. The van der Waals surface area contributed by atoms with Crippen LogP contribution in [0.25, 0.3) is 0 Å². The first-order valence-corrected chi connectivity index (χ1v) is 4.94. The van der Waals surface area contributed by atoms with Crippen LogP contribution in [0.4, 0.5) is 0 Å². The van der Waals surface area contributed by atoms with Crippen LogP contribution in [0.5, 0.6) is 0 Å². The predicted molar refractivity (Wildman–Crippen MR) is 56.2 cm³/mol. The van der Waals surface area contributed by atoms with Gasteiger partial charge in [-0.25, -0.2) is 0 Å². The Morgan fingerprint density at radius 3 is 2.00 bits per heavy atom. The lowest BCUT2D eigenvalue weighted by atomic mass is 10.2. The molecule has 1 aromatic carbocycles. The Labute approximate surface area is 91.3 Å². The Morgan fingerprint density at radius 2 is 1.73 bits per heavy atom. The third kappa shape index (κ3) is 2.05. The molecule has 4 heteroatoms. The minimum atomic E-state index is -1.11. The third-order valence-corrected chi connectivity index (χ3v) is 2.96. The van der Waals surface area contributed by atoms with Crippen molar-refractivity contribution in [3.05, 3.63) is 30.9 Å². The average Bonchev–Trinajstić information content (AvgIpc) is 1.85. The van der Waals surface area contributed by atoms with E-state index >= 15 is 0 Å². The number of hydrogen-bond acceptors (Lipinski definition) is 2. The molecular weight excluding hydrogens is 370 g/mol. The Bertz CT molecular complexity index is 276. The SMILES string of the molecule is O=C([O-])c1c(I)cccc1I. The molecule has 0 spiro atoms. The van der Waals surface area contributed by atoms with Gasteiger partial charge in [0.2, 0.25) is 0 Å². The molecule has 0 aliphatic carbocycles. The number of carboxylic acid groups (broad SMARTS) is 1. The van der Waals surface area contributed by atoms with Crippen LogP contribution in [0, 0.1) is 7.14 Å². The summed E-state index contributed by atoms with van der Waals surface area (Å²) in [4.78, 5) is 10.5. The molecule has 0 radical (unpaired) electrons. The van der Waals surface area contributed by atoms with Gasteiger partial charge >= 0.3 is 0 Å². The molecule has 0 N–H and O–H groups in total. The van der Waals surface area contributed by atoms with E-state index in [9.17, 15) is 9.90 Å². The average molecular weight is 373 g/mol. The van der Waals surface area contributed by atoms with E-state index in [1.165, 1.54) is 0 Å². The number of halogens is 2. The van der Waals surface area contributed by atoms with E-state index in [0.29, 0.717) is 0 Å². The molecule has 0 aliphatic heterocycles. The van der Waals surface area contributed by atoms with E-state index in [1.54, 1.807) is 12.1 Å². The number of carbonyl (C=O) groups is 1. The first-order chi connectivity index (χ1) is 5.13. The molecule has 0 saturated carbocycles. The maximum Gasteiger partial charge on any atom is 0.0736 e. The van der Waals surface area contributed by atoms with Crippen LogP contribution in [0.1, 0.15) is 10.4 Å². The number of carboxylic acids is 1. The second-order valence-electron chi connectivity index (χ2n) is 1.88. The van der Waals surface area contributed by atoms with Crippen molar-refractivity contribution in [2.75, 3.05) is 0 Å². The second-order valence-corrected chi connectivity index (χ2v) is 4.21. The lowest BCUT2D eigenvalue weighted by Crippen LogP contribution is -2.24. The van der Waals surface area contributed by atoms with Crippen molar-refractivity contribution < 1.29 is 9.90 Å². The van der Waals surface area contributed by atoms with E-state index in [4.69, 9.17) is 0 Å². The summed E-state index contributed by atoms with van der Waals surface area (Å²) < 4.78 is 1.43. The molecule has 0 unspecified atom stereocenters. The Balaban J connectivity index is 3.32. The highest BCUT2D eigenvalue weighted by molar-refractivity contribution is 14.1. The van der Waals surface area contributed by atoms with Gasteiger partial charge in [-0.3, -0.25) is 0 Å². The summed E-state index contributed by atoms with van der Waals surface area (Å²) in [6, 6.07) is 5.30. The van der Waals surface area contributed by atoms with Crippen molar-refractivity contribution in [3.63, 3.8) is 0 Å². The largest absolute Gasteiger partial charge is 0.545 e. The van der Waals surface area contributed by atoms with Crippen LogP contribution >= 0.6 is 45.2 Å². The van der Waals surface area contributed by atoms with E-state index in [1.807, 2.05) is 51.2 Å². The van der Waals surface area contributed by atoms with E-state index < -0.39 is 5.97 Å². The Kier molecular flexibility index (Phi) is 3.11. The molecule has 0 amide bonds. The van der Waals surface area contributed by atoms with Crippen molar-refractivity contribution in [2.24, 2.45) is 0 Å². The molecule has 0 aromatic heterocycles. The molecule has 0 saturated heterocycles. The monoisotopic (exact) mass is 373 g/mol. The minimum absolute atomic E-state index is 0.286. The summed E-state index contributed by atoms with van der Waals surface area (Å²) in [6.07, 6.45) is 0. The smallest absolute Gasteiger partial charge is 0.0736 e. The number of carbonyl (C=O) groups excluding carboxylic acids is 1. The zero-order valence-corrected chi connectivity index (χ0v) is 9.62. The zero-order chi connectivity index (χ0) is 8.43. The molecule has 58 valence electrons. The van der Waals surface area contributed by atoms with Crippen LogP contribution in [-0.4, -0.2) is 5.97 Å². The van der Waals surface area contributed by atoms with E-state index in [-0.39, 0.29) is 5.56 Å². The predicted octanol–water partition coefficient (Wildman–Crippen LogP) is 1.26. The van der Waals surface area contributed by atoms with Crippen LogP contribution in [0.2, 0.25) is 0 Å². The van der Waals surface area contributed by atoms with Crippen molar-refractivity contribution in [2.45, 2.75) is 0 Å². The van der Waals surface area contributed by atoms with E-state index in [2.05, 4.69) is 0 Å². The normalized spacial score (nSPS) is 9.64. The summed E-state index contributed by atoms with van der Waals surface area (Å²) in [5.41, 5.74) is 0.286. The topological polar surface area (TPSA) is 40.1 Å². The molecule has 0 bridgehead atoms. The van der Waals surface area contributed by atoms with Gasteiger partial charge in [0, 0.05) is 12.7 Å². The Morgan fingerprint density at radius 1 is 1.27 bits per heavy atom. The maximum absolute atomic E-state index is 10.5. The third-order valence-electron chi connectivity index (χ3n) is 1.17. The van der Waals surface area contributed by atoms with E-state index in [0.717, 1.165) is 7.14 Å². The summed E-state index contributed by atoms with van der Waals surface area (Å²) in [7, 11) is 0. The van der Waals surface area contributed by atoms with Crippen LogP contribution in [0.3, 0.4) is 0 Å². The number of hydrogen-bond donors (Lipinski definition) is 0. The van der Waals surface area contributed by atoms with Gasteiger partial charge in [0.05, 0.1) is 5.97 Å². The zero-order valence-electron chi connectivity index (χ0n) is 5.30. The van der Waals surface area contributed by atoms with Gasteiger partial charge in [-0.2, -0.15) is 0 Å². The number of aromatic carboxylic acids is 1. The summed E-state index contributed by atoms with van der Waals surface area (Å²) in [5.74, 6) is -1.11. The van der Waals surface area contributed by atoms with Gasteiger partial charge in [-0.15, -0.1) is 0 Å². The van der Waals surface area contributed by atoms with Crippen molar-refractivity contribution in [3.8, 4) is 0 Å². The van der Waals surface area contributed by atoms with Crippen molar-refractivity contribution >= 4 is 51.2 Å². The molecule has 0 fully saturated rings. The second kappa shape index (κ2) is 3.70. The minimum Gasteiger partial charge on any atom is -0.545 e. The number of rotatable bonds is 1. The van der Waals surface area contributed by atoms with Gasteiger partial charge in [0.25, 0.3) is 0 Å². The highest BCUT2D eigenvalue weighted by Crippen LogP contribution is 2.17. The molecule has 11 heavy (non-hydrogen) atoms. The van der Waals surface area contributed by atoms with Gasteiger partial charge in [-0.1, -0.05) is 6.07 Å². The van der Waals surface area contributed by atoms with Crippen molar-refractivity contribution in [1.82, 2.24) is 0 Å². The molecule has 0 aliphatic rings. The molecule has 1 rings (SSSR count). The van der Waals surface area contributed by atoms with Gasteiger partial charge in [0.1, 0.15) is 0 Å². The van der Waals surface area contributed by atoms with Gasteiger partial charge in [-0.05, 0) is 57.3 Å². The highest BCUT2D eigenvalue weighted by Gasteiger charge is 2.03.